The van der Waals surface area contributed by atoms with Crippen LogP contribution in [0.2, 0.25) is 0 Å². The van der Waals surface area contributed by atoms with E-state index in [2.05, 4.69) is 25.7 Å². The molecule has 1 aliphatic rings. The molecule has 1 fully saturated rings. The minimum absolute atomic E-state index is 0.352. The molecule has 0 aliphatic carbocycles. The Morgan fingerprint density at radius 3 is 2.67 bits per heavy atom. The zero-order valence-electron chi connectivity index (χ0n) is 10.4. The lowest BCUT2D eigenvalue weighted by atomic mass is 9.86. The summed E-state index contributed by atoms with van der Waals surface area (Å²) in [6.07, 6.45) is 0.952. The van der Waals surface area contributed by atoms with Crippen LogP contribution in [0.15, 0.2) is 0 Å². The van der Waals surface area contributed by atoms with E-state index in [-0.39, 0.29) is 6.10 Å². The number of ether oxygens (including phenoxy) is 1. The standard InChI is InChI=1S/C12H25NO2/c1-9-5-10(2)11(3)13(6-9)7-12(14)8-15-4/h9-12,14H,5-8H2,1-4H3. The molecule has 0 amide bonds. The summed E-state index contributed by atoms with van der Waals surface area (Å²) in [5.41, 5.74) is 0. The Morgan fingerprint density at radius 2 is 2.07 bits per heavy atom. The highest BCUT2D eigenvalue weighted by atomic mass is 16.5. The second-order valence-electron chi connectivity index (χ2n) is 5.12. The van der Waals surface area contributed by atoms with Crippen LogP contribution in [-0.4, -0.2) is 49.0 Å². The van der Waals surface area contributed by atoms with Gasteiger partial charge in [-0.3, -0.25) is 4.90 Å². The lowest BCUT2D eigenvalue weighted by Gasteiger charge is -2.41. The Bertz CT molecular complexity index is 186. The van der Waals surface area contributed by atoms with Gasteiger partial charge < -0.3 is 9.84 Å². The van der Waals surface area contributed by atoms with Gasteiger partial charge >= 0.3 is 0 Å². The third kappa shape index (κ3) is 3.74. The van der Waals surface area contributed by atoms with Crippen molar-refractivity contribution in [1.29, 1.82) is 0 Å². The summed E-state index contributed by atoms with van der Waals surface area (Å²) in [4.78, 5) is 2.39. The molecule has 0 radical (unpaired) electrons. The van der Waals surface area contributed by atoms with Crippen LogP contribution in [0.3, 0.4) is 0 Å². The summed E-state index contributed by atoms with van der Waals surface area (Å²) < 4.78 is 4.96. The first-order valence-corrected chi connectivity index (χ1v) is 5.95. The van der Waals surface area contributed by atoms with E-state index in [9.17, 15) is 5.11 Å². The van der Waals surface area contributed by atoms with Gasteiger partial charge in [0.15, 0.2) is 0 Å². The van der Waals surface area contributed by atoms with Crippen LogP contribution in [0.5, 0.6) is 0 Å². The average molecular weight is 215 g/mol. The van der Waals surface area contributed by atoms with E-state index < -0.39 is 0 Å². The first-order chi connectivity index (χ1) is 7.04. The lowest BCUT2D eigenvalue weighted by Crippen LogP contribution is -2.49. The molecule has 1 N–H and O–H groups in total. The fourth-order valence-corrected chi connectivity index (χ4v) is 2.59. The van der Waals surface area contributed by atoms with Gasteiger partial charge in [-0.1, -0.05) is 13.8 Å². The van der Waals surface area contributed by atoms with Gasteiger partial charge in [0.05, 0.1) is 12.7 Å². The molecule has 0 aromatic carbocycles. The monoisotopic (exact) mass is 215 g/mol. The van der Waals surface area contributed by atoms with Crippen LogP contribution >= 0.6 is 0 Å². The predicted octanol–water partition coefficient (Wildman–Crippen LogP) is 1.36. The smallest absolute Gasteiger partial charge is 0.0900 e. The van der Waals surface area contributed by atoms with Gasteiger partial charge in [0, 0.05) is 26.2 Å². The Balaban J connectivity index is 2.44. The largest absolute Gasteiger partial charge is 0.389 e. The van der Waals surface area contributed by atoms with Gasteiger partial charge in [-0.25, -0.2) is 0 Å². The first-order valence-electron chi connectivity index (χ1n) is 5.95. The second kappa shape index (κ2) is 5.83. The number of likely N-dealkylation sites (tertiary alicyclic amines) is 1. The predicted molar refractivity (Wildman–Crippen MR) is 61.9 cm³/mol. The minimum atomic E-state index is -0.352. The van der Waals surface area contributed by atoms with Gasteiger partial charge in [-0.2, -0.15) is 0 Å². The average Bonchev–Trinajstić information content (AvgIpc) is 2.13. The number of aliphatic hydroxyl groups excluding tert-OH is 1. The van der Waals surface area contributed by atoms with E-state index in [1.54, 1.807) is 7.11 Å². The molecular weight excluding hydrogens is 190 g/mol. The minimum Gasteiger partial charge on any atom is -0.389 e. The van der Waals surface area contributed by atoms with Crippen LogP contribution in [-0.2, 0) is 4.74 Å². The Morgan fingerprint density at radius 1 is 1.40 bits per heavy atom. The molecule has 90 valence electrons. The quantitative estimate of drug-likeness (QED) is 0.768. The van der Waals surface area contributed by atoms with Crippen molar-refractivity contribution >= 4 is 0 Å². The number of piperidine rings is 1. The molecule has 1 heterocycles. The van der Waals surface area contributed by atoms with Crippen molar-refractivity contribution in [2.45, 2.75) is 39.3 Å². The number of hydrogen-bond acceptors (Lipinski definition) is 3. The van der Waals surface area contributed by atoms with Gasteiger partial charge in [-0.05, 0) is 25.2 Å². The zero-order chi connectivity index (χ0) is 11.4. The van der Waals surface area contributed by atoms with E-state index in [1.165, 1.54) is 6.42 Å². The number of rotatable bonds is 4. The summed E-state index contributed by atoms with van der Waals surface area (Å²) in [6.45, 7) is 9.13. The van der Waals surface area contributed by atoms with Crippen molar-refractivity contribution < 1.29 is 9.84 Å². The highest BCUT2D eigenvalue weighted by Gasteiger charge is 2.29. The number of hydrogen-bond donors (Lipinski definition) is 1. The summed E-state index contributed by atoms with van der Waals surface area (Å²) in [5, 5.41) is 9.73. The maximum atomic E-state index is 9.73. The van der Waals surface area contributed by atoms with E-state index >= 15 is 0 Å². The molecule has 0 bridgehead atoms. The molecule has 1 saturated heterocycles. The molecule has 4 atom stereocenters. The van der Waals surface area contributed by atoms with Crippen LogP contribution in [0.1, 0.15) is 27.2 Å². The molecule has 0 aromatic heterocycles. The third-order valence-electron chi connectivity index (χ3n) is 3.52. The summed E-state index contributed by atoms with van der Waals surface area (Å²) in [6, 6.07) is 0.577. The Kier molecular flexibility index (Phi) is 5.03. The summed E-state index contributed by atoms with van der Waals surface area (Å²) in [5.74, 6) is 1.47. The maximum absolute atomic E-state index is 9.73. The molecular formula is C12H25NO2. The summed E-state index contributed by atoms with van der Waals surface area (Å²) >= 11 is 0. The molecule has 0 saturated carbocycles. The third-order valence-corrected chi connectivity index (χ3v) is 3.52. The molecule has 4 unspecified atom stereocenters. The SMILES string of the molecule is COCC(O)CN1CC(C)CC(C)C1C. The van der Waals surface area contributed by atoms with E-state index in [1.807, 2.05) is 0 Å². The van der Waals surface area contributed by atoms with Gasteiger partial charge in [-0.15, -0.1) is 0 Å². The van der Waals surface area contributed by atoms with Gasteiger partial charge in [0.1, 0.15) is 0 Å². The van der Waals surface area contributed by atoms with Gasteiger partial charge in [0.25, 0.3) is 0 Å². The molecule has 3 nitrogen and oxygen atoms in total. The first kappa shape index (κ1) is 12.9. The lowest BCUT2D eigenvalue weighted by molar-refractivity contribution is 0.000105. The molecule has 3 heteroatoms. The number of nitrogens with zero attached hydrogens (tertiary/aromatic N) is 1. The highest BCUT2D eigenvalue weighted by molar-refractivity contribution is 4.83. The van der Waals surface area contributed by atoms with Crippen molar-refractivity contribution in [2.24, 2.45) is 11.8 Å². The zero-order valence-corrected chi connectivity index (χ0v) is 10.4. The number of methoxy groups -OCH3 is 1. The molecule has 0 spiro atoms. The second-order valence-corrected chi connectivity index (χ2v) is 5.12. The number of aliphatic hydroxyl groups is 1. The Hall–Kier alpha value is -0.120. The molecule has 15 heavy (non-hydrogen) atoms. The van der Waals surface area contributed by atoms with E-state index in [4.69, 9.17) is 4.74 Å². The fraction of sp³-hybridized carbons (Fsp3) is 1.00. The van der Waals surface area contributed by atoms with Crippen molar-refractivity contribution in [3.05, 3.63) is 0 Å². The van der Waals surface area contributed by atoms with Gasteiger partial charge in [0.2, 0.25) is 0 Å². The van der Waals surface area contributed by atoms with Crippen molar-refractivity contribution in [3.8, 4) is 0 Å². The Labute approximate surface area is 93.4 Å². The topological polar surface area (TPSA) is 32.7 Å². The molecule has 1 rings (SSSR count). The van der Waals surface area contributed by atoms with Crippen LogP contribution < -0.4 is 0 Å². The van der Waals surface area contributed by atoms with E-state index in [0.29, 0.717) is 12.6 Å². The van der Waals surface area contributed by atoms with Crippen molar-refractivity contribution in [1.82, 2.24) is 4.90 Å². The fourth-order valence-electron chi connectivity index (χ4n) is 2.59. The molecule has 1 aliphatic heterocycles. The van der Waals surface area contributed by atoms with Crippen molar-refractivity contribution in [3.63, 3.8) is 0 Å². The van der Waals surface area contributed by atoms with Crippen LogP contribution in [0.4, 0.5) is 0 Å². The molecule has 0 aromatic rings. The normalized spacial score (nSPS) is 35.4. The van der Waals surface area contributed by atoms with Crippen LogP contribution in [0.25, 0.3) is 0 Å². The maximum Gasteiger partial charge on any atom is 0.0900 e. The summed E-state index contributed by atoms with van der Waals surface area (Å²) in [7, 11) is 1.63. The number of β-amino-alcohol motifs (C(OH)–C–C–N with tert-alkyl or cyclic N) is 1. The van der Waals surface area contributed by atoms with Crippen LogP contribution in [0, 0.1) is 11.8 Å². The highest BCUT2D eigenvalue weighted by Crippen LogP contribution is 2.26. The van der Waals surface area contributed by atoms with Crippen molar-refractivity contribution in [2.75, 3.05) is 26.8 Å². The van der Waals surface area contributed by atoms with E-state index in [0.717, 1.165) is 24.9 Å².